The minimum atomic E-state index is -0.243. The van der Waals surface area contributed by atoms with Gasteiger partial charge in [-0.1, -0.05) is 45.0 Å². The summed E-state index contributed by atoms with van der Waals surface area (Å²) in [5, 5.41) is 4.16. The van der Waals surface area contributed by atoms with Gasteiger partial charge in [-0.2, -0.15) is 5.10 Å². The van der Waals surface area contributed by atoms with Crippen LogP contribution in [0.2, 0.25) is 0 Å². The van der Waals surface area contributed by atoms with Gasteiger partial charge < -0.3 is 0 Å². The number of hydrogen-bond donors (Lipinski definition) is 1. The van der Waals surface area contributed by atoms with Gasteiger partial charge in [0.1, 0.15) is 0 Å². The number of nitrogens with one attached hydrogen (secondary N) is 1. The lowest BCUT2D eigenvalue weighted by Gasteiger charge is -2.19. The standard InChI is InChI=1S/C18H21N3O/c1-13(14-5-7-16(8-6-14)18(2,3)4)20-21-17(22)15-9-11-19-12-10-15/h5-12H,1-4H3,(H,21,22)/b20-13+. The van der Waals surface area contributed by atoms with Gasteiger partial charge in [0, 0.05) is 18.0 Å². The molecule has 0 saturated heterocycles. The number of rotatable bonds is 3. The molecule has 2 rings (SSSR count). The molecule has 0 bridgehead atoms. The van der Waals surface area contributed by atoms with Crippen molar-refractivity contribution in [1.82, 2.24) is 10.4 Å². The fraction of sp³-hybridized carbons (Fsp3) is 0.278. The van der Waals surface area contributed by atoms with E-state index in [-0.39, 0.29) is 11.3 Å². The average molecular weight is 295 g/mol. The van der Waals surface area contributed by atoms with Crippen molar-refractivity contribution in [3.05, 3.63) is 65.5 Å². The van der Waals surface area contributed by atoms with Crippen LogP contribution in [-0.4, -0.2) is 16.6 Å². The summed E-state index contributed by atoms with van der Waals surface area (Å²) < 4.78 is 0. The summed E-state index contributed by atoms with van der Waals surface area (Å²) in [7, 11) is 0. The Hall–Kier alpha value is -2.49. The SMILES string of the molecule is C/C(=N\NC(=O)c1ccncc1)c1ccc(C(C)(C)C)cc1. The number of carbonyl (C=O) groups is 1. The smallest absolute Gasteiger partial charge is 0.267 e. The number of hydrogen-bond acceptors (Lipinski definition) is 3. The predicted octanol–water partition coefficient (Wildman–Crippen LogP) is 3.53. The first-order valence-electron chi connectivity index (χ1n) is 7.23. The molecule has 0 aliphatic carbocycles. The summed E-state index contributed by atoms with van der Waals surface area (Å²) in [4.78, 5) is 15.8. The van der Waals surface area contributed by atoms with E-state index in [1.165, 1.54) is 5.56 Å². The molecule has 4 nitrogen and oxygen atoms in total. The van der Waals surface area contributed by atoms with E-state index in [2.05, 4.69) is 48.4 Å². The molecule has 0 spiro atoms. The Kier molecular flexibility index (Phi) is 4.71. The largest absolute Gasteiger partial charge is 0.271 e. The maximum atomic E-state index is 11.9. The fourth-order valence-electron chi connectivity index (χ4n) is 1.98. The lowest BCUT2D eigenvalue weighted by Crippen LogP contribution is -2.19. The van der Waals surface area contributed by atoms with Gasteiger partial charge in [0.2, 0.25) is 0 Å². The molecule has 1 aromatic carbocycles. The van der Waals surface area contributed by atoms with E-state index < -0.39 is 0 Å². The molecule has 1 amide bonds. The fourth-order valence-corrected chi connectivity index (χ4v) is 1.98. The minimum Gasteiger partial charge on any atom is -0.267 e. The zero-order valence-corrected chi connectivity index (χ0v) is 13.4. The number of pyridine rings is 1. The molecule has 0 aliphatic heterocycles. The first-order chi connectivity index (χ1) is 10.4. The van der Waals surface area contributed by atoms with Crippen LogP contribution in [0.5, 0.6) is 0 Å². The van der Waals surface area contributed by atoms with Gasteiger partial charge in [-0.25, -0.2) is 5.43 Å². The summed E-state index contributed by atoms with van der Waals surface area (Å²) >= 11 is 0. The molecule has 0 unspecified atom stereocenters. The molecule has 0 radical (unpaired) electrons. The van der Waals surface area contributed by atoms with Gasteiger partial charge in [0.25, 0.3) is 5.91 Å². The van der Waals surface area contributed by atoms with Gasteiger partial charge in [-0.3, -0.25) is 9.78 Å². The van der Waals surface area contributed by atoms with Crippen LogP contribution >= 0.6 is 0 Å². The van der Waals surface area contributed by atoms with E-state index in [1.54, 1.807) is 24.5 Å². The number of carbonyl (C=O) groups excluding carboxylic acids is 1. The van der Waals surface area contributed by atoms with E-state index in [9.17, 15) is 4.79 Å². The maximum absolute atomic E-state index is 11.9. The third-order valence-corrected chi connectivity index (χ3v) is 3.44. The Morgan fingerprint density at radius 1 is 1.00 bits per heavy atom. The van der Waals surface area contributed by atoms with Crippen molar-refractivity contribution in [3.63, 3.8) is 0 Å². The van der Waals surface area contributed by atoms with Crippen molar-refractivity contribution in [2.75, 3.05) is 0 Å². The number of hydrazone groups is 1. The lowest BCUT2D eigenvalue weighted by molar-refractivity contribution is 0.0954. The molecule has 4 heteroatoms. The van der Waals surface area contributed by atoms with E-state index in [0.29, 0.717) is 5.56 Å². The summed E-state index contributed by atoms with van der Waals surface area (Å²) in [6, 6.07) is 11.5. The van der Waals surface area contributed by atoms with Crippen LogP contribution in [0.4, 0.5) is 0 Å². The van der Waals surface area contributed by atoms with Crippen molar-refractivity contribution in [2.45, 2.75) is 33.1 Å². The van der Waals surface area contributed by atoms with Crippen LogP contribution in [-0.2, 0) is 5.41 Å². The first-order valence-corrected chi connectivity index (χ1v) is 7.23. The molecule has 0 atom stereocenters. The summed E-state index contributed by atoms with van der Waals surface area (Å²) in [6.45, 7) is 8.41. The van der Waals surface area contributed by atoms with Crippen LogP contribution in [0.3, 0.4) is 0 Å². The molecule has 1 heterocycles. The minimum absolute atomic E-state index is 0.124. The molecule has 0 fully saturated rings. The summed E-state index contributed by atoms with van der Waals surface area (Å²) in [6.07, 6.45) is 3.16. The third kappa shape index (κ3) is 4.01. The third-order valence-electron chi connectivity index (χ3n) is 3.44. The number of nitrogens with zero attached hydrogens (tertiary/aromatic N) is 2. The molecule has 22 heavy (non-hydrogen) atoms. The quantitative estimate of drug-likeness (QED) is 0.695. The van der Waals surface area contributed by atoms with Gasteiger partial charge in [0.05, 0.1) is 5.71 Å². The Bertz CT molecular complexity index is 668. The topological polar surface area (TPSA) is 54.4 Å². The van der Waals surface area contributed by atoms with Gasteiger partial charge in [-0.15, -0.1) is 0 Å². The maximum Gasteiger partial charge on any atom is 0.271 e. The van der Waals surface area contributed by atoms with Gasteiger partial charge >= 0.3 is 0 Å². The monoisotopic (exact) mass is 295 g/mol. The van der Waals surface area contributed by atoms with Crippen LogP contribution in [0.15, 0.2) is 53.9 Å². The summed E-state index contributed by atoms with van der Waals surface area (Å²) in [5.41, 5.74) is 6.25. The van der Waals surface area contributed by atoms with Gasteiger partial charge in [0.15, 0.2) is 0 Å². The molecular weight excluding hydrogens is 274 g/mol. The van der Waals surface area contributed by atoms with Crippen LogP contribution in [0.1, 0.15) is 49.2 Å². The highest BCUT2D eigenvalue weighted by atomic mass is 16.2. The van der Waals surface area contributed by atoms with Crippen LogP contribution in [0, 0.1) is 0 Å². The molecule has 1 N–H and O–H groups in total. The van der Waals surface area contributed by atoms with Crippen molar-refractivity contribution in [2.24, 2.45) is 5.10 Å². The Labute approximate surface area is 131 Å². The summed E-state index contributed by atoms with van der Waals surface area (Å²) in [5.74, 6) is -0.243. The van der Waals surface area contributed by atoms with Gasteiger partial charge in [-0.05, 0) is 35.6 Å². The number of aromatic nitrogens is 1. The van der Waals surface area contributed by atoms with Crippen LogP contribution in [0.25, 0.3) is 0 Å². The lowest BCUT2D eigenvalue weighted by atomic mass is 9.86. The molecular formula is C18H21N3O. The van der Waals surface area contributed by atoms with E-state index in [0.717, 1.165) is 11.3 Å². The van der Waals surface area contributed by atoms with E-state index in [4.69, 9.17) is 0 Å². The van der Waals surface area contributed by atoms with Crippen molar-refractivity contribution in [1.29, 1.82) is 0 Å². The molecule has 1 aromatic heterocycles. The number of amides is 1. The highest BCUT2D eigenvalue weighted by Gasteiger charge is 2.13. The van der Waals surface area contributed by atoms with Crippen molar-refractivity contribution >= 4 is 11.6 Å². The highest BCUT2D eigenvalue weighted by Crippen LogP contribution is 2.22. The molecule has 0 aliphatic rings. The Morgan fingerprint density at radius 3 is 2.14 bits per heavy atom. The molecule has 2 aromatic rings. The second kappa shape index (κ2) is 6.52. The molecule has 0 saturated carbocycles. The predicted molar refractivity (Wildman–Crippen MR) is 89.1 cm³/mol. The normalized spacial score (nSPS) is 12.1. The zero-order chi connectivity index (χ0) is 16.2. The second-order valence-corrected chi connectivity index (χ2v) is 6.20. The van der Waals surface area contributed by atoms with Crippen molar-refractivity contribution in [3.8, 4) is 0 Å². The zero-order valence-electron chi connectivity index (χ0n) is 13.4. The second-order valence-electron chi connectivity index (χ2n) is 6.20. The highest BCUT2D eigenvalue weighted by molar-refractivity contribution is 6.00. The van der Waals surface area contributed by atoms with Crippen molar-refractivity contribution < 1.29 is 4.79 Å². The first kappa shape index (κ1) is 15.9. The molecule has 114 valence electrons. The van der Waals surface area contributed by atoms with E-state index in [1.807, 2.05) is 19.1 Å². The van der Waals surface area contributed by atoms with E-state index >= 15 is 0 Å². The number of benzene rings is 1. The Morgan fingerprint density at radius 2 is 1.59 bits per heavy atom. The average Bonchev–Trinajstić information content (AvgIpc) is 2.52. The van der Waals surface area contributed by atoms with Crippen LogP contribution < -0.4 is 5.43 Å². The Balaban J connectivity index is 2.08.